The molecule has 0 spiro atoms. The molecule has 1 aromatic carbocycles. The molecule has 5 heteroatoms. The number of nitrogens with two attached hydrogens (primary N) is 1. The van der Waals surface area contributed by atoms with Gasteiger partial charge in [-0.1, -0.05) is 17.3 Å². The zero-order valence-corrected chi connectivity index (χ0v) is 10.2. The maximum atomic E-state index is 12.3. The third-order valence-electron chi connectivity index (χ3n) is 3.75. The Labute approximate surface area is 105 Å². The van der Waals surface area contributed by atoms with Crippen LogP contribution in [0.2, 0.25) is 0 Å². The highest BCUT2D eigenvalue weighted by Crippen LogP contribution is 2.49. The SMILES string of the molecule is NCCC1(Cn2nnc3ccccc3c2=O)CC1. The lowest BCUT2D eigenvalue weighted by Gasteiger charge is -2.14. The van der Waals surface area contributed by atoms with Crippen LogP contribution in [-0.4, -0.2) is 21.5 Å². The Balaban J connectivity index is 1.98. The van der Waals surface area contributed by atoms with Crippen LogP contribution in [0.15, 0.2) is 29.1 Å². The summed E-state index contributed by atoms with van der Waals surface area (Å²) in [4.78, 5) is 12.3. The third-order valence-corrected chi connectivity index (χ3v) is 3.75. The van der Waals surface area contributed by atoms with Gasteiger partial charge in [-0.3, -0.25) is 4.79 Å². The van der Waals surface area contributed by atoms with Gasteiger partial charge in [0.05, 0.1) is 11.9 Å². The quantitative estimate of drug-likeness (QED) is 0.868. The molecule has 0 atom stereocenters. The van der Waals surface area contributed by atoms with Gasteiger partial charge >= 0.3 is 0 Å². The van der Waals surface area contributed by atoms with Gasteiger partial charge < -0.3 is 5.73 Å². The molecule has 1 heterocycles. The first-order chi connectivity index (χ1) is 8.74. The molecule has 0 amide bonds. The van der Waals surface area contributed by atoms with Crippen LogP contribution in [0.3, 0.4) is 0 Å². The largest absolute Gasteiger partial charge is 0.330 e. The summed E-state index contributed by atoms with van der Waals surface area (Å²) in [5.74, 6) is 0. The predicted molar refractivity (Wildman–Crippen MR) is 69.1 cm³/mol. The normalized spacial score (nSPS) is 16.9. The molecular formula is C13H16N4O. The van der Waals surface area contributed by atoms with E-state index >= 15 is 0 Å². The van der Waals surface area contributed by atoms with Crippen LogP contribution < -0.4 is 11.3 Å². The van der Waals surface area contributed by atoms with Crippen LogP contribution in [0.4, 0.5) is 0 Å². The van der Waals surface area contributed by atoms with E-state index in [-0.39, 0.29) is 11.0 Å². The van der Waals surface area contributed by atoms with E-state index < -0.39 is 0 Å². The second kappa shape index (κ2) is 4.17. The Morgan fingerprint density at radius 1 is 1.33 bits per heavy atom. The second-order valence-corrected chi connectivity index (χ2v) is 5.11. The van der Waals surface area contributed by atoms with Gasteiger partial charge in [-0.05, 0) is 43.4 Å². The molecule has 0 radical (unpaired) electrons. The summed E-state index contributed by atoms with van der Waals surface area (Å²) in [5.41, 5.74) is 6.41. The highest BCUT2D eigenvalue weighted by molar-refractivity contribution is 5.76. The van der Waals surface area contributed by atoms with Crippen LogP contribution in [0.5, 0.6) is 0 Å². The molecular weight excluding hydrogens is 228 g/mol. The monoisotopic (exact) mass is 244 g/mol. The van der Waals surface area contributed by atoms with Gasteiger partial charge in [-0.2, -0.15) is 0 Å². The standard InChI is InChI=1S/C13H16N4O/c14-8-7-13(5-6-13)9-17-12(18)10-3-1-2-4-11(10)15-16-17/h1-4H,5-9,14H2. The van der Waals surface area contributed by atoms with E-state index in [9.17, 15) is 4.79 Å². The van der Waals surface area contributed by atoms with Crippen LogP contribution in [0.1, 0.15) is 19.3 Å². The van der Waals surface area contributed by atoms with Crippen molar-refractivity contribution < 1.29 is 0 Å². The minimum Gasteiger partial charge on any atom is -0.330 e. The summed E-state index contributed by atoms with van der Waals surface area (Å²) < 4.78 is 1.49. The molecule has 2 N–H and O–H groups in total. The molecule has 2 aromatic rings. The zero-order valence-electron chi connectivity index (χ0n) is 10.2. The lowest BCUT2D eigenvalue weighted by molar-refractivity contribution is 0.358. The Hall–Kier alpha value is -1.75. The van der Waals surface area contributed by atoms with Gasteiger partial charge in [0, 0.05) is 0 Å². The maximum Gasteiger partial charge on any atom is 0.277 e. The van der Waals surface area contributed by atoms with E-state index in [2.05, 4.69) is 10.3 Å². The molecule has 1 aliphatic rings. The van der Waals surface area contributed by atoms with Gasteiger partial charge in [0.25, 0.3) is 5.56 Å². The molecule has 0 aliphatic heterocycles. The van der Waals surface area contributed by atoms with Crippen molar-refractivity contribution in [1.82, 2.24) is 15.0 Å². The maximum absolute atomic E-state index is 12.3. The van der Waals surface area contributed by atoms with E-state index in [1.807, 2.05) is 12.1 Å². The van der Waals surface area contributed by atoms with Gasteiger partial charge in [0.1, 0.15) is 5.52 Å². The first-order valence-electron chi connectivity index (χ1n) is 6.27. The number of fused-ring (bicyclic) bond motifs is 1. The van der Waals surface area contributed by atoms with Crippen LogP contribution >= 0.6 is 0 Å². The van der Waals surface area contributed by atoms with Crippen molar-refractivity contribution in [3.63, 3.8) is 0 Å². The molecule has 1 aliphatic carbocycles. The van der Waals surface area contributed by atoms with Gasteiger partial charge in [0.15, 0.2) is 0 Å². The molecule has 18 heavy (non-hydrogen) atoms. The van der Waals surface area contributed by atoms with E-state index in [4.69, 9.17) is 5.73 Å². The second-order valence-electron chi connectivity index (χ2n) is 5.11. The highest BCUT2D eigenvalue weighted by Gasteiger charge is 2.42. The van der Waals surface area contributed by atoms with Gasteiger partial charge in [-0.15, -0.1) is 5.10 Å². The lowest BCUT2D eigenvalue weighted by atomic mass is 10.0. The molecule has 1 aromatic heterocycles. The molecule has 5 nitrogen and oxygen atoms in total. The van der Waals surface area contributed by atoms with Crippen LogP contribution in [-0.2, 0) is 6.54 Å². The predicted octanol–water partition coefficient (Wildman–Crippen LogP) is 0.920. The fourth-order valence-corrected chi connectivity index (χ4v) is 2.41. The smallest absolute Gasteiger partial charge is 0.277 e. The first-order valence-corrected chi connectivity index (χ1v) is 6.27. The van der Waals surface area contributed by atoms with Gasteiger partial charge in [0.2, 0.25) is 0 Å². The summed E-state index contributed by atoms with van der Waals surface area (Å²) >= 11 is 0. The van der Waals surface area contributed by atoms with Crippen molar-refractivity contribution in [1.29, 1.82) is 0 Å². The first kappa shape index (κ1) is 11.3. The van der Waals surface area contributed by atoms with Crippen molar-refractivity contribution in [2.24, 2.45) is 11.1 Å². The number of aromatic nitrogens is 3. The Morgan fingerprint density at radius 3 is 2.83 bits per heavy atom. The lowest BCUT2D eigenvalue weighted by Crippen LogP contribution is -2.29. The Kier molecular flexibility index (Phi) is 2.63. The number of nitrogens with zero attached hydrogens (tertiary/aromatic N) is 3. The number of benzene rings is 1. The molecule has 1 saturated carbocycles. The summed E-state index contributed by atoms with van der Waals surface area (Å²) in [6.07, 6.45) is 3.21. The molecule has 94 valence electrons. The minimum absolute atomic E-state index is 0.0519. The zero-order chi connectivity index (χ0) is 12.6. The van der Waals surface area contributed by atoms with Crippen LogP contribution in [0, 0.1) is 5.41 Å². The highest BCUT2D eigenvalue weighted by atomic mass is 16.1. The molecule has 3 rings (SSSR count). The average molecular weight is 244 g/mol. The number of rotatable bonds is 4. The molecule has 0 bridgehead atoms. The van der Waals surface area contributed by atoms with E-state index in [1.165, 1.54) is 4.68 Å². The van der Waals surface area contributed by atoms with E-state index in [0.29, 0.717) is 24.0 Å². The molecule has 0 unspecified atom stereocenters. The van der Waals surface area contributed by atoms with Crippen molar-refractivity contribution >= 4 is 10.9 Å². The van der Waals surface area contributed by atoms with Crippen molar-refractivity contribution in [2.75, 3.05) is 6.54 Å². The molecule has 1 fully saturated rings. The summed E-state index contributed by atoms with van der Waals surface area (Å²) in [7, 11) is 0. The fourth-order valence-electron chi connectivity index (χ4n) is 2.41. The third kappa shape index (κ3) is 1.90. The fraction of sp³-hybridized carbons (Fsp3) is 0.462. The van der Waals surface area contributed by atoms with E-state index in [1.54, 1.807) is 12.1 Å². The van der Waals surface area contributed by atoms with Crippen LogP contribution in [0.25, 0.3) is 10.9 Å². The Bertz CT molecular complexity index is 630. The van der Waals surface area contributed by atoms with Crippen molar-refractivity contribution in [3.05, 3.63) is 34.6 Å². The topological polar surface area (TPSA) is 73.8 Å². The molecule has 0 saturated heterocycles. The summed E-state index contributed by atoms with van der Waals surface area (Å²) in [6, 6.07) is 7.31. The van der Waals surface area contributed by atoms with E-state index in [0.717, 1.165) is 19.3 Å². The van der Waals surface area contributed by atoms with Gasteiger partial charge in [-0.25, -0.2) is 4.68 Å². The van der Waals surface area contributed by atoms with Crippen molar-refractivity contribution in [3.8, 4) is 0 Å². The summed E-state index contributed by atoms with van der Waals surface area (Å²) in [5, 5.41) is 8.76. The Morgan fingerprint density at radius 2 is 2.11 bits per heavy atom. The number of hydrogen-bond donors (Lipinski definition) is 1. The summed E-state index contributed by atoms with van der Waals surface area (Å²) in [6.45, 7) is 1.30. The average Bonchev–Trinajstić information content (AvgIpc) is 3.14. The van der Waals surface area contributed by atoms with Crippen molar-refractivity contribution in [2.45, 2.75) is 25.8 Å². The minimum atomic E-state index is -0.0519. The number of hydrogen-bond acceptors (Lipinski definition) is 4.